The van der Waals surface area contributed by atoms with E-state index in [2.05, 4.69) is 202 Å². The number of rotatable bonds is 15. The summed E-state index contributed by atoms with van der Waals surface area (Å²) in [6.07, 6.45) is 12.6. The van der Waals surface area contributed by atoms with E-state index in [1.54, 1.807) is 5.56 Å². The molecular weight excluding hydrogens is 884 g/mol. The van der Waals surface area contributed by atoms with Crippen molar-refractivity contribution in [1.29, 1.82) is 0 Å². The average molecular weight is 972 g/mol. The van der Waals surface area contributed by atoms with Crippen molar-refractivity contribution in [2.24, 2.45) is 17.8 Å². The first kappa shape index (κ1) is 59.3. The average Bonchev–Trinajstić information content (AvgIpc) is 3.26. The largest absolute Gasteiger partial charge is 0.308 e. The molecule has 0 N–H and O–H groups in total. The highest BCUT2D eigenvalue weighted by Crippen LogP contribution is 2.75. The van der Waals surface area contributed by atoms with Crippen LogP contribution in [0.3, 0.4) is 0 Å². The lowest BCUT2D eigenvalue weighted by molar-refractivity contribution is 0.236. The predicted octanol–water partition coefficient (Wildman–Crippen LogP) is 19.5. The van der Waals surface area contributed by atoms with Crippen LogP contribution in [0.15, 0.2) is 140 Å². The summed E-state index contributed by atoms with van der Waals surface area (Å²) in [4.78, 5) is 0. The standard InChI is InChI=1S/C28H28P.C16H28P.C10H19Cl3P.3CH4/c1-23(2)25-20-18-24(19-21-25)22-29(26-12-6-3-7-13-26,27-14-8-4-9-15-27)28-16-10-5-11-17-28;1-6-17(7-2,8-3)13-15-9-11-16(12-10-15)14(4)5;1-8(2)10-5-3-9(4-6-10)7-14(11,12)13;;;/h3-21,23H,22H2,1-2H3;9-12,14H,6-8,13H2,1-5H3;8-10H,3-7H2,1-2H3;3*1H4/q3*+1;;;. The van der Waals surface area contributed by atoms with Crippen molar-refractivity contribution in [2.45, 2.75) is 134 Å². The molecule has 0 atom stereocenters. The third-order valence-electron chi connectivity index (χ3n) is 13.1. The van der Waals surface area contributed by atoms with Crippen LogP contribution < -0.4 is 15.9 Å². The molecule has 0 amide bonds. The summed E-state index contributed by atoms with van der Waals surface area (Å²) in [6.45, 7) is 20.8. The van der Waals surface area contributed by atoms with Crippen LogP contribution in [-0.2, 0) is 12.3 Å². The highest BCUT2D eigenvalue weighted by molar-refractivity contribution is 8.32. The van der Waals surface area contributed by atoms with Crippen LogP contribution >= 0.6 is 53.6 Å². The van der Waals surface area contributed by atoms with Crippen molar-refractivity contribution in [1.82, 2.24) is 0 Å². The molecule has 5 aromatic rings. The second-order valence-corrected chi connectivity index (χ2v) is 34.6. The molecule has 0 spiro atoms. The molecule has 6 rings (SSSR count). The molecule has 1 fully saturated rings. The summed E-state index contributed by atoms with van der Waals surface area (Å²) < 4.78 is 0. The van der Waals surface area contributed by atoms with Crippen LogP contribution in [-0.4, -0.2) is 24.6 Å². The fourth-order valence-electron chi connectivity index (χ4n) is 8.78. The number of benzene rings is 5. The monoisotopic (exact) mass is 970 g/mol. The maximum absolute atomic E-state index is 5.91. The Morgan fingerprint density at radius 2 is 0.794 bits per heavy atom. The second kappa shape index (κ2) is 29.1. The molecule has 0 aromatic heterocycles. The van der Waals surface area contributed by atoms with Gasteiger partial charge in [-0.3, -0.25) is 0 Å². The number of halogens is 3. The molecule has 348 valence electrons. The fraction of sp³-hybridized carbons (Fsp3) is 0.474. The molecular formula is C57H87Cl3P3+3. The molecule has 1 aliphatic carbocycles. The second-order valence-electron chi connectivity index (χ2n) is 18.0. The Labute approximate surface area is 405 Å². The summed E-state index contributed by atoms with van der Waals surface area (Å²) >= 11 is 17.7. The van der Waals surface area contributed by atoms with E-state index in [1.807, 2.05) is 0 Å². The number of hydrogen-bond donors (Lipinski definition) is 0. The molecule has 0 heterocycles. The summed E-state index contributed by atoms with van der Waals surface area (Å²) in [6, 6.07) is 51.9. The highest BCUT2D eigenvalue weighted by Gasteiger charge is 2.45. The molecule has 0 nitrogen and oxygen atoms in total. The summed E-state index contributed by atoms with van der Waals surface area (Å²) in [5.74, 6) is 3.59. The molecule has 0 bridgehead atoms. The van der Waals surface area contributed by atoms with E-state index in [1.165, 1.54) is 82.9 Å². The lowest BCUT2D eigenvalue weighted by Crippen LogP contribution is -2.32. The molecule has 0 aliphatic heterocycles. The topological polar surface area (TPSA) is 0 Å². The first-order valence-electron chi connectivity index (χ1n) is 22.7. The molecule has 5 aromatic carbocycles. The fourth-order valence-corrected chi connectivity index (χ4v) is 18.7. The smallest absolute Gasteiger partial charge is 0.0776 e. The highest BCUT2D eigenvalue weighted by atomic mass is 36.1. The van der Waals surface area contributed by atoms with Gasteiger partial charge in [-0.25, -0.2) is 0 Å². The lowest BCUT2D eigenvalue weighted by atomic mass is 9.77. The van der Waals surface area contributed by atoms with E-state index >= 15 is 0 Å². The Kier molecular flexibility index (Phi) is 27.4. The van der Waals surface area contributed by atoms with Gasteiger partial charge < -0.3 is 0 Å². The quantitative estimate of drug-likeness (QED) is 0.0917. The molecule has 1 aliphatic rings. The zero-order valence-corrected chi connectivity index (χ0v) is 43.2. The van der Waals surface area contributed by atoms with E-state index in [0.717, 1.165) is 24.2 Å². The Balaban J connectivity index is 0.000000503. The molecule has 1 saturated carbocycles. The van der Waals surface area contributed by atoms with Crippen LogP contribution in [0, 0.1) is 17.8 Å². The van der Waals surface area contributed by atoms with Crippen molar-refractivity contribution in [3.05, 3.63) is 162 Å². The van der Waals surface area contributed by atoms with Gasteiger partial charge in [0.05, 0.1) is 30.8 Å². The third-order valence-corrected chi connectivity index (χ3v) is 24.7. The van der Waals surface area contributed by atoms with Crippen LogP contribution in [0.5, 0.6) is 0 Å². The molecule has 0 unspecified atom stereocenters. The first-order valence-corrected chi connectivity index (χ1v) is 31.9. The van der Waals surface area contributed by atoms with Crippen LogP contribution in [0.1, 0.15) is 144 Å². The van der Waals surface area contributed by atoms with Gasteiger partial charge in [-0.05, 0) is 135 Å². The summed E-state index contributed by atoms with van der Waals surface area (Å²) in [5, 5.41) is 2.20. The van der Waals surface area contributed by atoms with E-state index in [-0.39, 0.29) is 22.3 Å². The SMILES string of the molecule is C.C.C.CC(C)C1CCC(C[P+](Cl)(Cl)Cl)CC1.CC(C)c1ccc(C[P+](c2ccccc2)(c2ccccc2)c2ccccc2)cc1.CC[P+](CC)(CC)Cc1ccc(C(C)C)cc1. The van der Waals surface area contributed by atoms with Gasteiger partial charge in [-0.15, -0.1) is 0 Å². The van der Waals surface area contributed by atoms with Crippen LogP contribution in [0.4, 0.5) is 0 Å². The van der Waals surface area contributed by atoms with Crippen molar-refractivity contribution in [2.75, 3.05) is 24.6 Å². The predicted molar refractivity (Wildman–Crippen MR) is 302 cm³/mol. The maximum Gasteiger partial charge on any atom is 0.308 e. The van der Waals surface area contributed by atoms with Gasteiger partial charge in [0.15, 0.2) is 0 Å². The zero-order chi connectivity index (χ0) is 43.8. The summed E-state index contributed by atoms with van der Waals surface area (Å²) in [7, 11) is -2.51. The minimum atomic E-state index is -2.11. The minimum Gasteiger partial charge on any atom is -0.0776 e. The Morgan fingerprint density at radius 3 is 1.08 bits per heavy atom. The normalized spacial score (nSPS) is 15.2. The Bertz CT molecular complexity index is 1790. The molecule has 63 heavy (non-hydrogen) atoms. The van der Waals surface area contributed by atoms with Gasteiger partial charge >= 0.3 is 5.32 Å². The Hall–Kier alpha value is -1.74. The first-order chi connectivity index (χ1) is 28.6. The van der Waals surface area contributed by atoms with E-state index in [4.69, 9.17) is 33.7 Å². The van der Waals surface area contributed by atoms with E-state index < -0.39 is 19.8 Å². The number of hydrogen-bond acceptors (Lipinski definition) is 0. The van der Waals surface area contributed by atoms with Crippen molar-refractivity contribution in [3.63, 3.8) is 0 Å². The zero-order valence-electron chi connectivity index (χ0n) is 38.2. The molecule has 0 radical (unpaired) electrons. The van der Waals surface area contributed by atoms with Gasteiger partial charge in [0.1, 0.15) is 63.1 Å². The van der Waals surface area contributed by atoms with Crippen molar-refractivity contribution in [3.8, 4) is 0 Å². The summed E-state index contributed by atoms with van der Waals surface area (Å²) in [5.41, 5.74) is 5.81. The van der Waals surface area contributed by atoms with Crippen LogP contribution in [0.2, 0.25) is 0 Å². The third kappa shape index (κ3) is 18.1. The molecule has 6 heteroatoms. The van der Waals surface area contributed by atoms with Gasteiger partial charge in [-0.1, -0.05) is 167 Å². The minimum absolute atomic E-state index is 0. The van der Waals surface area contributed by atoms with Gasteiger partial charge in [0.25, 0.3) is 0 Å². The van der Waals surface area contributed by atoms with Gasteiger partial charge in [-0.2, -0.15) is 0 Å². The van der Waals surface area contributed by atoms with E-state index in [9.17, 15) is 0 Å². The van der Waals surface area contributed by atoms with Gasteiger partial charge in [0.2, 0.25) is 0 Å². The van der Waals surface area contributed by atoms with Gasteiger partial charge in [0, 0.05) is 7.26 Å². The maximum atomic E-state index is 5.91. The lowest BCUT2D eigenvalue weighted by Gasteiger charge is -2.30. The Morgan fingerprint density at radius 1 is 0.460 bits per heavy atom. The van der Waals surface area contributed by atoms with E-state index in [0.29, 0.717) is 17.8 Å². The van der Waals surface area contributed by atoms with Crippen molar-refractivity contribution < 1.29 is 0 Å². The van der Waals surface area contributed by atoms with Crippen LogP contribution in [0.25, 0.3) is 0 Å². The molecule has 0 saturated heterocycles. The van der Waals surface area contributed by atoms with Crippen molar-refractivity contribution >= 4 is 69.5 Å².